The number of carbonyl (C=O) groups is 3. The Morgan fingerprint density at radius 3 is 2.39 bits per heavy atom. The highest BCUT2D eigenvalue weighted by molar-refractivity contribution is 8.32. The third-order valence-corrected chi connectivity index (χ3v) is 2.95. The Balaban J connectivity index is 2.70. The van der Waals surface area contributed by atoms with Crippen LogP contribution in [0.3, 0.4) is 0 Å². The van der Waals surface area contributed by atoms with E-state index < -0.39 is 23.0 Å². The lowest BCUT2D eigenvalue weighted by Gasteiger charge is -2.12. The van der Waals surface area contributed by atoms with Crippen molar-refractivity contribution in [2.75, 3.05) is 0 Å². The van der Waals surface area contributed by atoms with Crippen LogP contribution in [-0.2, 0) is 9.59 Å². The predicted octanol–water partition coefficient (Wildman–Crippen LogP) is 1.67. The van der Waals surface area contributed by atoms with Crippen LogP contribution >= 0.6 is 21.7 Å². The number of hydrogen-bond acceptors (Lipinski definition) is 4. The lowest BCUT2D eigenvalue weighted by molar-refractivity contribution is -0.140. The topological polar surface area (TPSA) is 83.5 Å². The van der Waals surface area contributed by atoms with Crippen molar-refractivity contribution in [3.05, 3.63) is 35.9 Å². The minimum atomic E-state index is -1.28. The number of benzene rings is 1. The minimum absolute atomic E-state index is 0.328. The number of nitrogens with one attached hydrogen (secondary N) is 1. The van der Waals surface area contributed by atoms with E-state index in [9.17, 15) is 14.4 Å². The molecule has 2 N–H and O–H groups in total. The zero-order valence-corrected chi connectivity index (χ0v) is 10.7. The molecule has 18 heavy (non-hydrogen) atoms. The highest BCUT2D eigenvalue weighted by Crippen LogP contribution is 2.12. The number of amides is 1. The van der Waals surface area contributed by atoms with Crippen LogP contribution in [0.2, 0.25) is 0 Å². The molecule has 5 nitrogen and oxygen atoms in total. The summed E-state index contributed by atoms with van der Waals surface area (Å²) < 4.78 is 0. The maximum Gasteiger partial charge on any atom is 0.326 e. The van der Waals surface area contributed by atoms with Gasteiger partial charge in [0.25, 0.3) is 5.91 Å². The van der Waals surface area contributed by atoms with Crippen molar-refractivity contribution in [1.82, 2.24) is 5.32 Å². The summed E-state index contributed by atoms with van der Waals surface area (Å²) >= 11 is 0. The quantitative estimate of drug-likeness (QED) is 0.861. The van der Waals surface area contributed by atoms with Crippen molar-refractivity contribution in [3.8, 4) is 0 Å². The van der Waals surface area contributed by atoms with E-state index >= 15 is 0 Å². The van der Waals surface area contributed by atoms with Gasteiger partial charge < -0.3 is 10.4 Å². The minimum Gasteiger partial charge on any atom is -0.480 e. The van der Waals surface area contributed by atoms with Crippen LogP contribution in [-0.4, -0.2) is 28.1 Å². The van der Waals surface area contributed by atoms with E-state index in [0.29, 0.717) is 16.5 Å². The molecule has 0 aliphatic rings. The Morgan fingerprint density at radius 1 is 1.28 bits per heavy atom. The lowest BCUT2D eigenvalue weighted by Crippen LogP contribution is -2.41. The van der Waals surface area contributed by atoms with Crippen LogP contribution < -0.4 is 5.32 Å². The van der Waals surface area contributed by atoms with Crippen molar-refractivity contribution in [1.29, 1.82) is 0 Å². The summed E-state index contributed by atoms with van der Waals surface area (Å²) in [6, 6.07) is 6.86. The van der Waals surface area contributed by atoms with Crippen molar-refractivity contribution in [2.45, 2.75) is 12.5 Å². The maximum absolute atomic E-state index is 11.7. The summed E-state index contributed by atoms with van der Waals surface area (Å²) in [7, 11) is 5.63. The molecule has 0 radical (unpaired) electrons. The molecule has 0 saturated carbocycles. The standard InChI is InChI=1S/C11H10ClNO4S/c12-18-9(14)6-8(11(16)17)13-10(15)7-4-2-1-3-5-7/h1-5,8H,6H2,(H,13,15)(H,16,17)/t8-/m0/s1. The molecule has 1 aromatic carbocycles. The first-order chi connectivity index (χ1) is 8.54. The first-order valence-corrected chi connectivity index (χ1v) is 6.59. The number of rotatable bonds is 5. The van der Waals surface area contributed by atoms with E-state index in [1.165, 1.54) is 0 Å². The Bertz CT molecular complexity index is 452. The van der Waals surface area contributed by atoms with Gasteiger partial charge in [0.2, 0.25) is 5.12 Å². The second kappa shape index (κ2) is 7.03. The highest BCUT2D eigenvalue weighted by Gasteiger charge is 2.23. The summed E-state index contributed by atoms with van der Waals surface area (Å²) in [5.41, 5.74) is 0.328. The average molecular weight is 288 g/mol. The molecule has 0 heterocycles. The smallest absolute Gasteiger partial charge is 0.326 e. The average Bonchev–Trinajstić information content (AvgIpc) is 2.38. The molecule has 1 rings (SSSR count). The monoisotopic (exact) mass is 287 g/mol. The van der Waals surface area contributed by atoms with E-state index in [1.807, 2.05) is 0 Å². The Morgan fingerprint density at radius 2 is 1.89 bits per heavy atom. The molecular formula is C11H10ClNO4S. The van der Waals surface area contributed by atoms with Gasteiger partial charge in [-0.15, -0.1) is 0 Å². The van der Waals surface area contributed by atoms with Gasteiger partial charge in [-0.1, -0.05) is 18.2 Å². The highest BCUT2D eigenvalue weighted by atomic mass is 35.7. The fourth-order valence-corrected chi connectivity index (χ4v) is 1.65. The van der Waals surface area contributed by atoms with Gasteiger partial charge >= 0.3 is 5.97 Å². The van der Waals surface area contributed by atoms with Crippen LogP contribution in [0.1, 0.15) is 16.8 Å². The summed E-state index contributed by atoms with van der Waals surface area (Å²) in [6.07, 6.45) is -0.359. The number of carboxylic acids is 1. The molecular weight excluding hydrogens is 278 g/mol. The van der Waals surface area contributed by atoms with Gasteiger partial charge in [0.05, 0.1) is 0 Å². The van der Waals surface area contributed by atoms with Gasteiger partial charge in [0.15, 0.2) is 0 Å². The normalized spacial score (nSPS) is 11.6. The molecule has 0 aromatic heterocycles. The number of hydrogen-bond donors (Lipinski definition) is 2. The number of carbonyl (C=O) groups excluding carboxylic acids is 2. The molecule has 0 aliphatic heterocycles. The molecule has 96 valence electrons. The van der Waals surface area contributed by atoms with Gasteiger partial charge in [-0.25, -0.2) is 4.79 Å². The number of halogens is 1. The lowest BCUT2D eigenvalue weighted by atomic mass is 10.1. The molecule has 0 aliphatic carbocycles. The van der Waals surface area contributed by atoms with E-state index in [0.717, 1.165) is 0 Å². The van der Waals surface area contributed by atoms with Crippen LogP contribution in [0.4, 0.5) is 0 Å². The first-order valence-electron chi connectivity index (χ1n) is 4.94. The molecule has 1 amide bonds. The maximum atomic E-state index is 11.7. The van der Waals surface area contributed by atoms with Gasteiger partial charge in [-0.2, -0.15) is 0 Å². The van der Waals surface area contributed by atoms with Crippen LogP contribution in [0, 0.1) is 0 Å². The number of carboxylic acid groups (broad SMARTS) is 1. The van der Waals surface area contributed by atoms with Crippen molar-refractivity contribution < 1.29 is 19.5 Å². The summed E-state index contributed by atoms with van der Waals surface area (Å²) in [6.45, 7) is 0. The molecule has 0 unspecified atom stereocenters. The Labute approximate surface area is 112 Å². The van der Waals surface area contributed by atoms with Crippen LogP contribution in [0.5, 0.6) is 0 Å². The molecule has 0 saturated heterocycles. The second-order valence-electron chi connectivity index (χ2n) is 3.38. The number of aliphatic carboxylic acids is 1. The zero-order chi connectivity index (χ0) is 13.5. The first kappa shape index (κ1) is 14.5. The molecule has 0 spiro atoms. The fraction of sp³-hybridized carbons (Fsp3) is 0.182. The largest absolute Gasteiger partial charge is 0.480 e. The molecule has 1 aromatic rings. The van der Waals surface area contributed by atoms with Crippen molar-refractivity contribution >= 4 is 38.6 Å². The summed E-state index contributed by atoms with van der Waals surface area (Å²) in [5, 5.41) is 10.6. The van der Waals surface area contributed by atoms with Crippen molar-refractivity contribution in [3.63, 3.8) is 0 Å². The van der Waals surface area contributed by atoms with Gasteiger partial charge in [0.1, 0.15) is 6.04 Å². The van der Waals surface area contributed by atoms with E-state index in [-0.39, 0.29) is 6.42 Å². The third kappa shape index (κ3) is 4.38. The molecule has 1 atom stereocenters. The Kier molecular flexibility index (Phi) is 5.67. The molecule has 0 fully saturated rings. The van der Waals surface area contributed by atoms with Gasteiger partial charge in [-0.05, 0) is 22.8 Å². The molecule has 7 heteroatoms. The molecule has 0 bridgehead atoms. The predicted molar refractivity (Wildman–Crippen MR) is 68.4 cm³/mol. The second-order valence-corrected chi connectivity index (χ2v) is 4.46. The third-order valence-electron chi connectivity index (χ3n) is 2.10. The van der Waals surface area contributed by atoms with Gasteiger partial charge in [0, 0.05) is 23.0 Å². The summed E-state index contributed by atoms with van der Waals surface area (Å²) in [4.78, 5) is 33.7. The van der Waals surface area contributed by atoms with Gasteiger partial charge in [-0.3, -0.25) is 9.59 Å². The van der Waals surface area contributed by atoms with Crippen LogP contribution in [0.25, 0.3) is 0 Å². The van der Waals surface area contributed by atoms with E-state index in [1.54, 1.807) is 30.3 Å². The fourth-order valence-electron chi connectivity index (χ4n) is 1.23. The zero-order valence-electron chi connectivity index (χ0n) is 9.13. The van der Waals surface area contributed by atoms with Crippen LogP contribution in [0.15, 0.2) is 30.3 Å². The SMILES string of the molecule is O=C(C[C@H](NC(=O)c1ccccc1)C(=O)O)SCl. The Hall–Kier alpha value is -1.53. The van der Waals surface area contributed by atoms with E-state index in [2.05, 4.69) is 5.32 Å². The van der Waals surface area contributed by atoms with Crippen molar-refractivity contribution in [2.24, 2.45) is 0 Å². The summed E-state index contributed by atoms with van der Waals surface area (Å²) in [5.74, 6) is -1.83. The van der Waals surface area contributed by atoms with E-state index in [4.69, 9.17) is 15.8 Å².